The van der Waals surface area contributed by atoms with Crippen molar-refractivity contribution in [2.24, 2.45) is 0 Å². The number of hydrogen-bond acceptors (Lipinski definition) is 3. The summed E-state index contributed by atoms with van der Waals surface area (Å²) < 4.78 is 18.1. The average molecular weight is 192 g/mol. The molecule has 0 saturated carbocycles. The molecule has 0 amide bonds. The molecule has 0 aromatic carbocycles. The smallest absolute Gasteiger partial charge is 0.226 e. The fourth-order valence-electron chi connectivity index (χ4n) is 1.24. The largest absolute Gasteiger partial charge is 0.444 e. The van der Waals surface area contributed by atoms with Gasteiger partial charge < -0.3 is 4.42 Å². The SMILES string of the molecule is Cc1cc(-c2nc(C)co2)cc(F)n1. The fraction of sp³-hybridized carbons (Fsp3) is 0.200. The predicted octanol–water partition coefficient (Wildman–Crippen LogP) is 2.49. The Labute approximate surface area is 80.6 Å². The van der Waals surface area contributed by atoms with Crippen LogP contribution in [0.1, 0.15) is 11.4 Å². The molecule has 0 radical (unpaired) electrons. The molecular weight excluding hydrogens is 183 g/mol. The van der Waals surface area contributed by atoms with Gasteiger partial charge in [0.1, 0.15) is 6.26 Å². The van der Waals surface area contributed by atoms with E-state index < -0.39 is 5.95 Å². The predicted molar refractivity (Wildman–Crippen MR) is 49.2 cm³/mol. The molecule has 72 valence electrons. The van der Waals surface area contributed by atoms with Gasteiger partial charge in [-0.3, -0.25) is 0 Å². The number of nitrogens with zero attached hydrogens (tertiary/aromatic N) is 2. The van der Waals surface area contributed by atoms with E-state index in [4.69, 9.17) is 4.42 Å². The van der Waals surface area contributed by atoms with Gasteiger partial charge in [-0.15, -0.1) is 0 Å². The lowest BCUT2D eigenvalue weighted by molar-refractivity contribution is 0.563. The first-order valence-corrected chi connectivity index (χ1v) is 4.22. The van der Waals surface area contributed by atoms with Crippen molar-refractivity contribution in [3.63, 3.8) is 0 Å². The Balaban J connectivity index is 2.51. The highest BCUT2D eigenvalue weighted by atomic mass is 19.1. The van der Waals surface area contributed by atoms with E-state index in [9.17, 15) is 4.39 Å². The number of oxazole rings is 1. The third-order valence-corrected chi connectivity index (χ3v) is 1.79. The molecule has 0 unspecified atom stereocenters. The van der Waals surface area contributed by atoms with Crippen LogP contribution in [-0.2, 0) is 0 Å². The Hall–Kier alpha value is -1.71. The van der Waals surface area contributed by atoms with Gasteiger partial charge in [0, 0.05) is 17.3 Å². The van der Waals surface area contributed by atoms with E-state index in [2.05, 4.69) is 9.97 Å². The van der Waals surface area contributed by atoms with Crippen LogP contribution in [0.4, 0.5) is 4.39 Å². The fourth-order valence-corrected chi connectivity index (χ4v) is 1.24. The van der Waals surface area contributed by atoms with Crippen molar-refractivity contribution in [3.8, 4) is 11.5 Å². The Morgan fingerprint density at radius 2 is 1.93 bits per heavy atom. The van der Waals surface area contributed by atoms with E-state index in [0.29, 0.717) is 17.1 Å². The van der Waals surface area contributed by atoms with Crippen molar-refractivity contribution < 1.29 is 8.81 Å². The second kappa shape index (κ2) is 3.21. The summed E-state index contributed by atoms with van der Waals surface area (Å²) in [4.78, 5) is 7.73. The maximum absolute atomic E-state index is 12.9. The van der Waals surface area contributed by atoms with Crippen LogP contribution in [-0.4, -0.2) is 9.97 Å². The first-order valence-electron chi connectivity index (χ1n) is 4.22. The third kappa shape index (κ3) is 1.64. The number of aromatic nitrogens is 2. The monoisotopic (exact) mass is 192 g/mol. The summed E-state index contributed by atoms with van der Waals surface area (Å²) in [5, 5.41) is 0. The molecule has 0 aliphatic rings. The standard InChI is InChI=1S/C10H9FN2O/c1-6-3-8(4-9(11)12-6)10-13-7(2)5-14-10/h3-5H,1-2H3. The molecule has 2 aromatic heterocycles. The quantitative estimate of drug-likeness (QED) is 0.651. The molecule has 4 heteroatoms. The molecule has 2 heterocycles. The van der Waals surface area contributed by atoms with E-state index in [1.807, 2.05) is 6.92 Å². The zero-order chi connectivity index (χ0) is 10.1. The topological polar surface area (TPSA) is 38.9 Å². The van der Waals surface area contributed by atoms with E-state index >= 15 is 0 Å². The minimum absolute atomic E-state index is 0.423. The molecule has 0 N–H and O–H groups in total. The summed E-state index contributed by atoms with van der Waals surface area (Å²) in [6, 6.07) is 3.03. The lowest BCUT2D eigenvalue weighted by atomic mass is 10.2. The minimum atomic E-state index is -0.518. The van der Waals surface area contributed by atoms with Crippen molar-refractivity contribution in [1.29, 1.82) is 0 Å². The molecule has 2 aromatic rings. The molecule has 0 bridgehead atoms. The van der Waals surface area contributed by atoms with Crippen molar-refractivity contribution in [1.82, 2.24) is 9.97 Å². The molecule has 0 spiro atoms. The maximum Gasteiger partial charge on any atom is 0.226 e. The van der Waals surface area contributed by atoms with Gasteiger partial charge in [-0.2, -0.15) is 4.39 Å². The second-order valence-electron chi connectivity index (χ2n) is 3.11. The van der Waals surface area contributed by atoms with Crippen molar-refractivity contribution in [3.05, 3.63) is 35.7 Å². The lowest BCUT2D eigenvalue weighted by Crippen LogP contribution is -1.89. The van der Waals surface area contributed by atoms with Gasteiger partial charge >= 0.3 is 0 Å². The van der Waals surface area contributed by atoms with Crippen molar-refractivity contribution >= 4 is 0 Å². The van der Waals surface area contributed by atoms with Crippen molar-refractivity contribution in [2.45, 2.75) is 13.8 Å². The molecule has 3 nitrogen and oxygen atoms in total. The lowest BCUT2D eigenvalue weighted by Gasteiger charge is -1.97. The average Bonchev–Trinajstić information content (AvgIpc) is 2.50. The molecule has 0 saturated heterocycles. The molecular formula is C10H9FN2O. The van der Waals surface area contributed by atoms with E-state index in [0.717, 1.165) is 5.69 Å². The van der Waals surface area contributed by atoms with E-state index in [1.165, 1.54) is 12.3 Å². The second-order valence-corrected chi connectivity index (χ2v) is 3.11. The van der Waals surface area contributed by atoms with Crippen LogP contribution in [0.2, 0.25) is 0 Å². The normalized spacial score (nSPS) is 10.5. The number of rotatable bonds is 1. The Kier molecular flexibility index (Phi) is 2.04. The summed E-state index contributed by atoms with van der Waals surface area (Å²) in [5.74, 6) is -0.0947. The van der Waals surface area contributed by atoms with Gasteiger partial charge in [0.25, 0.3) is 0 Å². The van der Waals surface area contributed by atoms with Crippen molar-refractivity contribution in [2.75, 3.05) is 0 Å². The van der Waals surface area contributed by atoms with Crippen LogP contribution in [0.5, 0.6) is 0 Å². The summed E-state index contributed by atoms with van der Waals surface area (Å²) in [5.41, 5.74) is 1.99. The first kappa shape index (κ1) is 8.87. The van der Waals surface area contributed by atoms with Crippen LogP contribution >= 0.6 is 0 Å². The highest BCUT2D eigenvalue weighted by molar-refractivity contribution is 5.53. The number of halogens is 1. The van der Waals surface area contributed by atoms with Gasteiger partial charge in [-0.25, -0.2) is 9.97 Å². The highest BCUT2D eigenvalue weighted by Crippen LogP contribution is 2.19. The summed E-state index contributed by atoms with van der Waals surface area (Å²) >= 11 is 0. The Morgan fingerprint density at radius 3 is 2.50 bits per heavy atom. The molecule has 14 heavy (non-hydrogen) atoms. The maximum atomic E-state index is 12.9. The van der Waals surface area contributed by atoms with Crippen LogP contribution in [0.15, 0.2) is 22.8 Å². The van der Waals surface area contributed by atoms with Crippen LogP contribution in [0.3, 0.4) is 0 Å². The summed E-state index contributed by atoms with van der Waals surface area (Å²) in [6.07, 6.45) is 1.53. The number of aryl methyl sites for hydroxylation is 2. The van der Waals surface area contributed by atoms with E-state index in [-0.39, 0.29) is 0 Å². The summed E-state index contributed by atoms with van der Waals surface area (Å²) in [6.45, 7) is 3.54. The van der Waals surface area contributed by atoms with Crippen LogP contribution in [0.25, 0.3) is 11.5 Å². The number of hydrogen-bond donors (Lipinski definition) is 0. The van der Waals surface area contributed by atoms with Gasteiger partial charge in [0.15, 0.2) is 0 Å². The van der Waals surface area contributed by atoms with Gasteiger partial charge in [0.2, 0.25) is 11.8 Å². The van der Waals surface area contributed by atoms with Gasteiger partial charge in [0.05, 0.1) is 5.69 Å². The van der Waals surface area contributed by atoms with Gasteiger partial charge in [-0.1, -0.05) is 0 Å². The van der Waals surface area contributed by atoms with E-state index in [1.54, 1.807) is 13.0 Å². The molecule has 0 aliphatic heterocycles. The minimum Gasteiger partial charge on any atom is -0.444 e. The molecule has 0 atom stereocenters. The van der Waals surface area contributed by atoms with Crippen LogP contribution < -0.4 is 0 Å². The molecule has 2 rings (SSSR count). The highest BCUT2D eigenvalue weighted by Gasteiger charge is 2.07. The zero-order valence-electron chi connectivity index (χ0n) is 7.91. The summed E-state index contributed by atoms with van der Waals surface area (Å²) in [7, 11) is 0. The molecule has 0 fully saturated rings. The molecule has 0 aliphatic carbocycles. The third-order valence-electron chi connectivity index (χ3n) is 1.79. The van der Waals surface area contributed by atoms with Crippen LogP contribution in [0, 0.1) is 19.8 Å². The zero-order valence-corrected chi connectivity index (χ0v) is 7.91. The van der Waals surface area contributed by atoms with Gasteiger partial charge in [-0.05, 0) is 19.9 Å². The Bertz CT molecular complexity index is 445. The Morgan fingerprint density at radius 1 is 1.14 bits per heavy atom. The first-order chi connectivity index (χ1) is 6.65. The number of pyridine rings is 1.